The van der Waals surface area contributed by atoms with Crippen molar-refractivity contribution in [2.45, 2.75) is 65.7 Å². The molecule has 0 spiro atoms. The number of hydrogen-bond acceptors (Lipinski definition) is 0. The van der Waals surface area contributed by atoms with Crippen LogP contribution < -0.4 is 0 Å². The maximum absolute atomic E-state index is 2.36. The van der Waals surface area contributed by atoms with E-state index < -0.39 is 0 Å². The van der Waals surface area contributed by atoms with E-state index in [1.165, 1.54) is 50.5 Å². The first-order valence-corrected chi connectivity index (χ1v) is 6.14. The van der Waals surface area contributed by atoms with Crippen molar-refractivity contribution in [1.29, 1.82) is 0 Å². The highest BCUT2D eigenvalue weighted by molar-refractivity contribution is 5.15. The molecule has 0 radical (unpaired) electrons. The van der Waals surface area contributed by atoms with Crippen LogP contribution in [0.4, 0.5) is 0 Å². The van der Waals surface area contributed by atoms with Gasteiger partial charge >= 0.3 is 0 Å². The summed E-state index contributed by atoms with van der Waals surface area (Å²) in [6, 6.07) is 0. The van der Waals surface area contributed by atoms with Crippen molar-refractivity contribution in [3.05, 3.63) is 23.8 Å². The normalized spacial score (nSPS) is 12.6. The molecule has 0 heteroatoms. The Morgan fingerprint density at radius 3 is 2.29 bits per heavy atom. The van der Waals surface area contributed by atoms with Gasteiger partial charge in [0.2, 0.25) is 0 Å². The van der Waals surface area contributed by atoms with Gasteiger partial charge in [-0.25, -0.2) is 0 Å². The van der Waals surface area contributed by atoms with Gasteiger partial charge in [-0.1, -0.05) is 63.3 Å². The van der Waals surface area contributed by atoms with Gasteiger partial charge in [0, 0.05) is 0 Å². The third kappa shape index (κ3) is 9.57. The summed E-state index contributed by atoms with van der Waals surface area (Å²) in [7, 11) is 0. The van der Waals surface area contributed by atoms with E-state index >= 15 is 0 Å². The second-order valence-corrected chi connectivity index (χ2v) is 3.99. The van der Waals surface area contributed by atoms with Gasteiger partial charge in [0.1, 0.15) is 0 Å². The number of hydrogen-bond donors (Lipinski definition) is 0. The van der Waals surface area contributed by atoms with Gasteiger partial charge in [-0.05, 0) is 26.2 Å². The van der Waals surface area contributed by atoms with Crippen LogP contribution in [-0.2, 0) is 0 Å². The molecule has 0 aliphatic heterocycles. The second kappa shape index (κ2) is 10.6. The molecule has 0 aliphatic rings. The highest BCUT2D eigenvalue weighted by Gasteiger charge is 1.85. The summed E-state index contributed by atoms with van der Waals surface area (Å²) < 4.78 is 0. The number of unbranched alkanes of at least 4 members (excludes halogenated alkanes) is 5. The van der Waals surface area contributed by atoms with E-state index in [2.05, 4.69) is 39.0 Å². The lowest BCUT2D eigenvalue weighted by atomic mass is 10.1. The maximum atomic E-state index is 2.36. The summed E-state index contributed by atoms with van der Waals surface area (Å²) in [6.07, 6.45) is 16.0. The first kappa shape index (κ1) is 13.5. The van der Waals surface area contributed by atoms with Crippen LogP contribution in [-0.4, -0.2) is 0 Å². The van der Waals surface area contributed by atoms with Crippen LogP contribution in [0.3, 0.4) is 0 Å². The molecule has 0 heterocycles. The van der Waals surface area contributed by atoms with Crippen LogP contribution in [0.2, 0.25) is 0 Å². The van der Waals surface area contributed by atoms with Crippen LogP contribution >= 0.6 is 0 Å². The van der Waals surface area contributed by atoms with Gasteiger partial charge in [-0.15, -0.1) is 0 Å². The molecule has 0 bridgehead atoms. The van der Waals surface area contributed by atoms with Crippen molar-refractivity contribution in [3.8, 4) is 0 Å². The predicted molar refractivity (Wildman–Crippen MR) is 66.6 cm³/mol. The van der Waals surface area contributed by atoms with Crippen molar-refractivity contribution in [2.24, 2.45) is 0 Å². The highest BCUT2D eigenvalue weighted by atomic mass is 13.9. The molecule has 0 saturated carbocycles. The summed E-state index contributed by atoms with van der Waals surface area (Å²) in [5.41, 5.74) is 1.43. The standard InChI is InChI=1S/C14H26/c1-4-6-8-10-12-14(3)13-11-9-7-5-2/h10,12-13H,4-9,11H2,1-3H3. The minimum atomic E-state index is 1.23. The molecule has 0 unspecified atom stereocenters. The topological polar surface area (TPSA) is 0 Å². The molecule has 0 atom stereocenters. The van der Waals surface area contributed by atoms with Crippen molar-refractivity contribution < 1.29 is 0 Å². The summed E-state index contributed by atoms with van der Waals surface area (Å²) >= 11 is 0. The van der Waals surface area contributed by atoms with Gasteiger partial charge in [-0.3, -0.25) is 0 Å². The molecule has 0 aliphatic carbocycles. The van der Waals surface area contributed by atoms with Crippen LogP contribution in [0.1, 0.15) is 65.7 Å². The van der Waals surface area contributed by atoms with Gasteiger partial charge in [0.05, 0.1) is 0 Å². The van der Waals surface area contributed by atoms with Crippen molar-refractivity contribution >= 4 is 0 Å². The van der Waals surface area contributed by atoms with Crippen molar-refractivity contribution in [1.82, 2.24) is 0 Å². The minimum absolute atomic E-state index is 1.23. The molecule has 0 nitrogen and oxygen atoms in total. The Labute approximate surface area is 90.1 Å². The fraction of sp³-hybridized carbons (Fsp3) is 0.714. The van der Waals surface area contributed by atoms with Gasteiger partial charge in [0.25, 0.3) is 0 Å². The lowest BCUT2D eigenvalue weighted by molar-refractivity contribution is 0.728. The molecule has 0 amide bonds. The fourth-order valence-corrected chi connectivity index (χ4v) is 1.38. The SMILES string of the molecule is CCCCC=CC(C)=CCCCCC. The van der Waals surface area contributed by atoms with Crippen LogP contribution in [0.5, 0.6) is 0 Å². The van der Waals surface area contributed by atoms with E-state index in [-0.39, 0.29) is 0 Å². The molecular weight excluding hydrogens is 168 g/mol. The summed E-state index contributed by atoms with van der Waals surface area (Å²) in [6.45, 7) is 6.69. The van der Waals surface area contributed by atoms with Crippen molar-refractivity contribution in [2.75, 3.05) is 0 Å². The molecule has 0 rings (SSSR count). The van der Waals surface area contributed by atoms with Crippen LogP contribution in [0.15, 0.2) is 23.8 Å². The Kier molecular flexibility index (Phi) is 10.2. The lowest BCUT2D eigenvalue weighted by Gasteiger charge is -1.95. The summed E-state index contributed by atoms with van der Waals surface area (Å²) in [5, 5.41) is 0. The average Bonchev–Trinajstić information content (AvgIpc) is 2.19. The molecule has 82 valence electrons. The van der Waals surface area contributed by atoms with Crippen LogP contribution in [0, 0.1) is 0 Å². The van der Waals surface area contributed by atoms with E-state index in [1.54, 1.807) is 0 Å². The van der Waals surface area contributed by atoms with Crippen LogP contribution in [0.25, 0.3) is 0 Å². The molecule has 0 fully saturated rings. The molecule has 0 saturated heterocycles. The predicted octanol–water partition coefficient (Wildman–Crippen LogP) is 5.26. The summed E-state index contributed by atoms with van der Waals surface area (Å²) in [4.78, 5) is 0. The van der Waals surface area contributed by atoms with E-state index in [9.17, 15) is 0 Å². The molecule has 0 aromatic rings. The minimum Gasteiger partial charge on any atom is -0.0843 e. The third-order valence-electron chi connectivity index (χ3n) is 2.38. The van der Waals surface area contributed by atoms with Gasteiger partial charge in [0.15, 0.2) is 0 Å². The largest absolute Gasteiger partial charge is 0.0843 e. The zero-order valence-corrected chi connectivity index (χ0v) is 10.2. The quantitative estimate of drug-likeness (QED) is 0.365. The number of rotatable bonds is 8. The van der Waals surface area contributed by atoms with E-state index in [1.807, 2.05) is 0 Å². The third-order valence-corrected chi connectivity index (χ3v) is 2.38. The van der Waals surface area contributed by atoms with Gasteiger partial charge in [-0.2, -0.15) is 0 Å². The molecule has 14 heavy (non-hydrogen) atoms. The number of allylic oxidation sites excluding steroid dienone is 4. The zero-order chi connectivity index (χ0) is 10.6. The molecular formula is C14H26. The Balaban J connectivity index is 3.49. The Morgan fingerprint density at radius 1 is 0.929 bits per heavy atom. The Morgan fingerprint density at radius 2 is 1.64 bits per heavy atom. The maximum Gasteiger partial charge on any atom is -0.0345 e. The average molecular weight is 194 g/mol. The Hall–Kier alpha value is -0.520. The highest BCUT2D eigenvalue weighted by Crippen LogP contribution is 2.05. The Bertz CT molecular complexity index is 163. The lowest BCUT2D eigenvalue weighted by Crippen LogP contribution is -1.74. The molecule has 0 aromatic carbocycles. The summed E-state index contributed by atoms with van der Waals surface area (Å²) in [5.74, 6) is 0. The first-order chi connectivity index (χ1) is 6.81. The van der Waals surface area contributed by atoms with E-state index in [0.717, 1.165) is 0 Å². The van der Waals surface area contributed by atoms with E-state index in [0.29, 0.717) is 0 Å². The first-order valence-electron chi connectivity index (χ1n) is 6.14. The van der Waals surface area contributed by atoms with Crippen molar-refractivity contribution in [3.63, 3.8) is 0 Å². The molecule has 0 N–H and O–H groups in total. The zero-order valence-electron chi connectivity index (χ0n) is 10.2. The second-order valence-electron chi connectivity index (χ2n) is 3.99. The van der Waals surface area contributed by atoms with Gasteiger partial charge < -0.3 is 0 Å². The van der Waals surface area contributed by atoms with E-state index in [4.69, 9.17) is 0 Å². The monoisotopic (exact) mass is 194 g/mol. The molecule has 0 aromatic heterocycles. The smallest absolute Gasteiger partial charge is 0.0345 e. The fourth-order valence-electron chi connectivity index (χ4n) is 1.38.